The Morgan fingerprint density at radius 3 is 2.85 bits per heavy atom. The molecule has 3 aromatic rings. The lowest BCUT2D eigenvalue weighted by Gasteiger charge is -2.12. The molecule has 0 fully saturated rings. The van der Waals surface area contributed by atoms with Crippen LogP contribution in [0.1, 0.15) is 30.0 Å². The number of fused-ring (bicyclic) bond motifs is 1. The van der Waals surface area contributed by atoms with Crippen LogP contribution in [0.4, 0.5) is 0 Å². The normalized spacial score (nSPS) is 13.1. The van der Waals surface area contributed by atoms with Gasteiger partial charge in [-0.25, -0.2) is 0 Å². The molecule has 1 atom stereocenters. The highest BCUT2D eigenvalue weighted by atomic mass is 16.4. The third-order valence-electron chi connectivity index (χ3n) is 4.33. The number of aryl methyl sites for hydroxylation is 1. The maximum absolute atomic E-state index is 10.1. The molecule has 6 heteroatoms. The Hall–Kier alpha value is -2.73. The van der Waals surface area contributed by atoms with Gasteiger partial charge >= 0.3 is 0 Å². The zero-order valence-electron chi connectivity index (χ0n) is 15.2. The zero-order valence-corrected chi connectivity index (χ0v) is 15.2. The molecule has 0 aliphatic heterocycles. The summed E-state index contributed by atoms with van der Waals surface area (Å²) in [7, 11) is 0. The minimum Gasteiger partial charge on any atom is -0.467 e. The number of hydrogen-bond donors (Lipinski definition) is 4. The number of nitrogens with zero attached hydrogens (tertiary/aromatic N) is 1. The first-order valence-electron chi connectivity index (χ1n) is 8.99. The topological polar surface area (TPSA) is 85.6 Å². The van der Waals surface area contributed by atoms with E-state index in [-0.39, 0.29) is 6.54 Å². The van der Waals surface area contributed by atoms with Gasteiger partial charge in [-0.1, -0.05) is 18.2 Å². The Balaban J connectivity index is 1.59. The SMILES string of the molecule is CCNC(=NCC(O)c1ccco1)NCCc1c(C)[nH]c2ccccc12. The van der Waals surface area contributed by atoms with Crippen LogP contribution >= 0.6 is 0 Å². The number of hydrogen-bond acceptors (Lipinski definition) is 3. The molecule has 6 nitrogen and oxygen atoms in total. The minimum absolute atomic E-state index is 0.245. The second kappa shape index (κ2) is 8.58. The molecule has 138 valence electrons. The molecule has 1 unspecified atom stereocenters. The summed E-state index contributed by atoms with van der Waals surface area (Å²) in [5.74, 6) is 1.22. The highest BCUT2D eigenvalue weighted by molar-refractivity contribution is 5.84. The van der Waals surface area contributed by atoms with Crippen molar-refractivity contribution >= 4 is 16.9 Å². The Kier molecular flexibility index (Phi) is 5.96. The van der Waals surface area contributed by atoms with E-state index in [0.29, 0.717) is 11.7 Å². The van der Waals surface area contributed by atoms with Crippen LogP contribution in [-0.4, -0.2) is 35.7 Å². The van der Waals surface area contributed by atoms with Gasteiger partial charge in [-0.15, -0.1) is 0 Å². The van der Waals surface area contributed by atoms with Crippen LogP contribution in [0.15, 0.2) is 52.1 Å². The molecule has 26 heavy (non-hydrogen) atoms. The summed E-state index contributed by atoms with van der Waals surface area (Å²) < 4.78 is 5.21. The highest BCUT2D eigenvalue weighted by Crippen LogP contribution is 2.21. The molecule has 0 aliphatic rings. The zero-order chi connectivity index (χ0) is 18.4. The second-order valence-electron chi connectivity index (χ2n) is 6.20. The fourth-order valence-corrected chi connectivity index (χ4v) is 3.05. The Bertz CT molecular complexity index is 852. The number of aromatic amines is 1. The van der Waals surface area contributed by atoms with Crippen molar-refractivity contribution in [3.8, 4) is 0 Å². The molecule has 0 saturated heterocycles. The summed E-state index contributed by atoms with van der Waals surface area (Å²) in [4.78, 5) is 7.88. The quantitative estimate of drug-likeness (QED) is 0.388. The molecule has 0 aliphatic carbocycles. The van der Waals surface area contributed by atoms with Gasteiger partial charge in [0.1, 0.15) is 11.9 Å². The number of aliphatic imine (C=N–C) groups is 1. The van der Waals surface area contributed by atoms with E-state index in [4.69, 9.17) is 4.42 Å². The van der Waals surface area contributed by atoms with Crippen LogP contribution in [0.5, 0.6) is 0 Å². The molecule has 3 rings (SSSR count). The molecule has 4 N–H and O–H groups in total. The van der Waals surface area contributed by atoms with E-state index >= 15 is 0 Å². The van der Waals surface area contributed by atoms with Crippen LogP contribution in [0.25, 0.3) is 10.9 Å². The first-order chi connectivity index (χ1) is 12.7. The van der Waals surface area contributed by atoms with Gasteiger partial charge in [-0.2, -0.15) is 0 Å². The van der Waals surface area contributed by atoms with E-state index in [1.165, 1.54) is 22.2 Å². The lowest BCUT2D eigenvalue weighted by molar-refractivity contribution is 0.158. The average Bonchev–Trinajstić information content (AvgIpc) is 3.28. The molecule has 0 amide bonds. The van der Waals surface area contributed by atoms with Gasteiger partial charge < -0.3 is 25.1 Å². The summed E-state index contributed by atoms with van der Waals surface area (Å²) in [5, 5.41) is 17.9. The number of aromatic nitrogens is 1. The van der Waals surface area contributed by atoms with Gasteiger partial charge in [0.05, 0.1) is 12.8 Å². The highest BCUT2D eigenvalue weighted by Gasteiger charge is 2.11. The van der Waals surface area contributed by atoms with Crippen LogP contribution < -0.4 is 10.6 Å². The molecule has 0 radical (unpaired) electrons. The number of H-pyrrole nitrogens is 1. The van der Waals surface area contributed by atoms with Crippen LogP contribution in [0.3, 0.4) is 0 Å². The predicted molar refractivity (Wildman–Crippen MR) is 104 cm³/mol. The Morgan fingerprint density at radius 2 is 2.08 bits per heavy atom. The molecule has 2 heterocycles. The molecule has 1 aromatic carbocycles. The summed E-state index contributed by atoms with van der Waals surface area (Å²) in [5.41, 5.74) is 3.69. The number of para-hydroxylation sites is 1. The van der Waals surface area contributed by atoms with Gasteiger partial charge in [0.25, 0.3) is 0 Å². The smallest absolute Gasteiger partial charge is 0.191 e. The van der Waals surface area contributed by atoms with Gasteiger partial charge in [-0.3, -0.25) is 4.99 Å². The maximum Gasteiger partial charge on any atom is 0.191 e. The van der Waals surface area contributed by atoms with Crippen molar-refractivity contribution in [3.05, 3.63) is 59.7 Å². The van der Waals surface area contributed by atoms with E-state index in [9.17, 15) is 5.11 Å². The van der Waals surface area contributed by atoms with Crippen LogP contribution in [0.2, 0.25) is 0 Å². The standard InChI is InChI=1S/C20H26N4O2/c1-3-21-20(23-13-18(25)19-9-6-12-26-19)22-11-10-15-14(2)24-17-8-5-4-7-16(15)17/h4-9,12,18,24-25H,3,10-11,13H2,1-2H3,(H2,21,22,23). The third kappa shape index (κ3) is 4.26. The van der Waals surface area contributed by atoms with Crippen LogP contribution in [-0.2, 0) is 6.42 Å². The molecule has 0 bridgehead atoms. The number of benzene rings is 1. The van der Waals surface area contributed by atoms with E-state index < -0.39 is 6.10 Å². The van der Waals surface area contributed by atoms with Gasteiger partial charge in [0.15, 0.2) is 5.96 Å². The Morgan fingerprint density at radius 1 is 1.23 bits per heavy atom. The fourth-order valence-electron chi connectivity index (χ4n) is 3.05. The summed E-state index contributed by atoms with van der Waals surface area (Å²) in [6.07, 6.45) is 1.70. The van der Waals surface area contributed by atoms with Gasteiger partial charge in [0, 0.05) is 29.7 Å². The van der Waals surface area contributed by atoms with Crippen molar-refractivity contribution in [2.24, 2.45) is 4.99 Å². The molecule has 0 spiro atoms. The van der Waals surface area contributed by atoms with Crippen molar-refractivity contribution in [2.75, 3.05) is 19.6 Å². The first kappa shape index (κ1) is 18.1. The summed E-state index contributed by atoms with van der Waals surface area (Å²) in [6, 6.07) is 11.9. The average molecular weight is 354 g/mol. The van der Waals surface area contributed by atoms with E-state index in [2.05, 4.69) is 45.7 Å². The van der Waals surface area contributed by atoms with E-state index in [1.54, 1.807) is 18.4 Å². The fraction of sp³-hybridized carbons (Fsp3) is 0.350. The molecular formula is C20H26N4O2. The maximum atomic E-state index is 10.1. The number of guanidine groups is 1. The lowest BCUT2D eigenvalue weighted by atomic mass is 10.1. The minimum atomic E-state index is -0.740. The van der Waals surface area contributed by atoms with E-state index in [1.807, 2.05) is 13.0 Å². The van der Waals surface area contributed by atoms with Crippen molar-refractivity contribution in [1.82, 2.24) is 15.6 Å². The van der Waals surface area contributed by atoms with E-state index in [0.717, 1.165) is 19.5 Å². The van der Waals surface area contributed by atoms with Crippen molar-refractivity contribution in [3.63, 3.8) is 0 Å². The molecule has 0 saturated carbocycles. The third-order valence-corrected chi connectivity index (χ3v) is 4.33. The summed E-state index contributed by atoms with van der Waals surface area (Å²) >= 11 is 0. The molecule has 2 aromatic heterocycles. The number of rotatable bonds is 7. The number of aliphatic hydroxyl groups is 1. The van der Waals surface area contributed by atoms with Crippen LogP contribution in [0, 0.1) is 6.92 Å². The predicted octanol–water partition coefficient (Wildman–Crippen LogP) is 2.90. The van der Waals surface area contributed by atoms with Crippen molar-refractivity contribution in [1.29, 1.82) is 0 Å². The van der Waals surface area contributed by atoms with Gasteiger partial charge in [0.2, 0.25) is 0 Å². The number of aliphatic hydroxyl groups excluding tert-OH is 1. The van der Waals surface area contributed by atoms with Gasteiger partial charge in [-0.05, 0) is 44.0 Å². The Labute approximate surface area is 153 Å². The lowest BCUT2D eigenvalue weighted by Crippen LogP contribution is -2.38. The second-order valence-corrected chi connectivity index (χ2v) is 6.20. The largest absolute Gasteiger partial charge is 0.467 e. The monoisotopic (exact) mass is 354 g/mol. The number of furan rings is 1. The molecular weight excluding hydrogens is 328 g/mol. The first-order valence-corrected chi connectivity index (χ1v) is 8.99. The summed E-state index contributed by atoms with van der Waals surface area (Å²) in [6.45, 7) is 5.88. The van der Waals surface area contributed by atoms with Crippen molar-refractivity contribution in [2.45, 2.75) is 26.4 Å². The van der Waals surface area contributed by atoms with Crippen molar-refractivity contribution < 1.29 is 9.52 Å². The number of nitrogens with one attached hydrogen (secondary N) is 3.